The molecule has 5 heteroatoms. The van der Waals surface area contributed by atoms with Gasteiger partial charge < -0.3 is 9.84 Å². The van der Waals surface area contributed by atoms with Crippen LogP contribution in [-0.4, -0.2) is 22.2 Å². The summed E-state index contributed by atoms with van der Waals surface area (Å²) in [7, 11) is 0. The first-order chi connectivity index (χ1) is 10.1. The fourth-order valence-corrected chi connectivity index (χ4v) is 1.80. The van der Waals surface area contributed by atoms with Gasteiger partial charge in [-0.1, -0.05) is 12.1 Å². The monoisotopic (exact) mass is 285 g/mol. The van der Waals surface area contributed by atoms with E-state index in [2.05, 4.69) is 4.98 Å². The van der Waals surface area contributed by atoms with Gasteiger partial charge in [0.1, 0.15) is 18.1 Å². The van der Waals surface area contributed by atoms with E-state index < -0.39 is 0 Å². The van der Waals surface area contributed by atoms with Crippen molar-refractivity contribution in [3.63, 3.8) is 0 Å². The Morgan fingerprint density at radius 3 is 2.62 bits per heavy atom. The maximum absolute atomic E-state index is 11.1. The number of rotatable bonds is 6. The quantitative estimate of drug-likeness (QED) is 0.650. The van der Waals surface area contributed by atoms with Crippen molar-refractivity contribution < 1.29 is 19.4 Å². The van der Waals surface area contributed by atoms with Crippen LogP contribution >= 0.6 is 0 Å². The lowest BCUT2D eigenvalue weighted by Crippen LogP contribution is -2.02. The van der Waals surface area contributed by atoms with Crippen LogP contribution in [-0.2, 0) is 13.2 Å². The fraction of sp³-hybridized carbons (Fsp3) is 0.188. The van der Waals surface area contributed by atoms with Crippen LogP contribution in [0.1, 0.15) is 38.9 Å². The summed E-state index contributed by atoms with van der Waals surface area (Å²) in [5.74, 6) is 0.350. The predicted octanol–water partition coefficient (Wildman–Crippen LogP) is 2.17. The highest BCUT2D eigenvalue weighted by atomic mass is 16.5. The number of hydrogen-bond donors (Lipinski definition) is 1. The summed E-state index contributed by atoms with van der Waals surface area (Å²) in [4.78, 5) is 26.2. The zero-order valence-corrected chi connectivity index (χ0v) is 11.6. The van der Waals surface area contributed by atoms with Crippen molar-refractivity contribution in [2.24, 2.45) is 0 Å². The van der Waals surface area contributed by atoms with E-state index in [4.69, 9.17) is 9.84 Å². The summed E-state index contributed by atoms with van der Waals surface area (Å²) in [5, 5.41) is 9.03. The Balaban J connectivity index is 2.09. The van der Waals surface area contributed by atoms with Crippen molar-refractivity contribution in [2.75, 3.05) is 0 Å². The molecule has 0 saturated heterocycles. The number of ketones is 1. The van der Waals surface area contributed by atoms with Crippen LogP contribution < -0.4 is 4.74 Å². The number of ether oxygens (including phenoxy) is 1. The molecule has 2 rings (SSSR count). The molecule has 0 bridgehead atoms. The Kier molecular flexibility index (Phi) is 4.79. The SMILES string of the molecule is CC(=O)c1ccc(COc2ccc(CO)cc2C=O)cn1. The van der Waals surface area contributed by atoms with Crippen LogP contribution in [0.2, 0.25) is 0 Å². The summed E-state index contributed by atoms with van der Waals surface area (Å²) >= 11 is 0. The lowest BCUT2D eigenvalue weighted by molar-refractivity contribution is 0.101. The van der Waals surface area contributed by atoms with E-state index in [1.807, 2.05) is 0 Å². The molecule has 0 spiro atoms. The van der Waals surface area contributed by atoms with Crippen molar-refractivity contribution >= 4 is 12.1 Å². The molecule has 0 saturated carbocycles. The average Bonchev–Trinajstić information content (AvgIpc) is 2.53. The van der Waals surface area contributed by atoms with Gasteiger partial charge in [-0.2, -0.15) is 0 Å². The zero-order chi connectivity index (χ0) is 15.2. The van der Waals surface area contributed by atoms with Gasteiger partial charge in [0.2, 0.25) is 0 Å². The molecule has 0 unspecified atom stereocenters. The van der Waals surface area contributed by atoms with Crippen LogP contribution in [0.15, 0.2) is 36.5 Å². The predicted molar refractivity (Wildman–Crippen MR) is 76.3 cm³/mol. The normalized spacial score (nSPS) is 10.2. The van der Waals surface area contributed by atoms with Crippen molar-refractivity contribution in [1.82, 2.24) is 4.98 Å². The van der Waals surface area contributed by atoms with Crippen LogP contribution in [0.5, 0.6) is 5.75 Å². The summed E-state index contributed by atoms with van der Waals surface area (Å²) in [6.07, 6.45) is 2.25. The average molecular weight is 285 g/mol. The molecule has 5 nitrogen and oxygen atoms in total. The van der Waals surface area contributed by atoms with E-state index in [9.17, 15) is 9.59 Å². The standard InChI is InChI=1S/C16H15NO4/c1-11(20)15-4-2-13(7-17-15)10-21-16-5-3-12(8-18)6-14(16)9-19/h2-7,9,18H,8,10H2,1H3. The fourth-order valence-electron chi connectivity index (χ4n) is 1.80. The molecule has 1 N–H and O–H groups in total. The molecular formula is C16H15NO4. The number of hydrogen-bond acceptors (Lipinski definition) is 5. The Morgan fingerprint density at radius 2 is 2.05 bits per heavy atom. The highest BCUT2D eigenvalue weighted by molar-refractivity contribution is 5.91. The second-order valence-electron chi connectivity index (χ2n) is 4.54. The van der Waals surface area contributed by atoms with Crippen LogP contribution in [0.3, 0.4) is 0 Å². The number of benzene rings is 1. The van der Waals surface area contributed by atoms with Gasteiger partial charge in [0.05, 0.1) is 12.2 Å². The molecule has 0 aliphatic heterocycles. The second-order valence-corrected chi connectivity index (χ2v) is 4.54. The molecular weight excluding hydrogens is 270 g/mol. The molecule has 2 aromatic rings. The van der Waals surface area contributed by atoms with Gasteiger partial charge in [-0.3, -0.25) is 14.6 Å². The molecule has 0 radical (unpaired) electrons. The topological polar surface area (TPSA) is 76.5 Å². The molecule has 1 aromatic heterocycles. The van der Waals surface area contributed by atoms with Crippen LogP contribution in [0.25, 0.3) is 0 Å². The minimum atomic E-state index is -0.127. The minimum absolute atomic E-state index is 0.0923. The molecule has 0 aliphatic carbocycles. The van der Waals surface area contributed by atoms with Gasteiger partial charge >= 0.3 is 0 Å². The number of pyridine rings is 1. The summed E-state index contributed by atoms with van der Waals surface area (Å²) in [5.41, 5.74) is 2.23. The number of aliphatic hydroxyl groups excluding tert-OH is 1. The lowest BCUT2D eigenvalue weighted by Gasteiger charge is -2.09. The van der Waals surface area contributed by atoms with E-state index in [1.165, 1.54) is 6.92 Å². The number of aromatic nitrogens is 1. The zero-order valence-electron chi connectivity index (χ0n) is 11.6. The third-order valence-electron chi connectivity index (χ3n) is 2.96. The Morgan fingerprint density at radius 1 is 1.29 bits per heavy atom. The first-order valence-corrected chi connectivity index (χ1v) is 6.41. The number of Topliss-reactive ketones (excluding diaryl/α,β-unsaturated/α-hetero) is 1. The molecule has 1 aromatic carbocycles. The highest BCUT2D eigenvalue weighted by Gasteiger charge is 2.06. The van der Waals surface area contributed by atoms with Gasteiger partial charge in [0, 0.05) is 18.7 Å². The Hall–Kier alpha value is -2.53. The van der Waals surface area contributed by atoms with Gasteiger partial charge in [-0.05, 0) is 23.8 Å². The molecule has 0 fully saturated rings. The minimum Gasteiger partial charge on any atom is -0.488 e. The van der Waals surface area contributed by atoms with Crippen molar-refractivity contribution in [2.45, 2.75) is 20.1 Å². The number of aldehydes is 1. The number of aliphatic hydroxyl groups is 1. The van der Waals surface area contributed by atoms with E-state index in [-0.39, 0.29) is 19.0 Å². The molecule has 1 heterocycles. The van der Waals surface area contributed by atoms with Gasteiger partial charge in [0.15, 0.2) is 12.1 Å². The smallest absolute Gasteiger partial charge is 0.178 e. The summed E-state index contributed by atoms with van der Waals surface area (Å²) < 4.78 is 5.58. The number of carbonyl (C=O) groups is 2. The lowest BCUT2D eigenvalue weighted by atomic mass is 10.1. The van der Waals surface area contributed by atoms with E-state index in [0.29, 0.717) is 28.9 Å². The maximum Gasteiger partial charge on any atom is 0.178 e. The number of carbonyl (C=O) groups excluding carboxylic acids is 2. The van der Waals surface area contributed by atoms with Gasteiger partial charge in [-0.25, -0.2) is 0 Å². The van der Waals surface area contributed by atoms with Gasteiger partial charge in [0.25, 0.3) is 0 Å². The Labute approximate surface area is 122 Å². The van der Waals surface area contributed by atoms with Gasteiger partial charge in [-0.15, -0.1) is 0 Å². The molecule has 108 valence electrons. The number of nitrogens with zero attached hydrogens (tertiary/aromatic N) is 1. The second kappa shape index (κ2) is 6.76. The van der Waals surface area contributed by atoms with E-state index in [1.54, 1.807) is 36.5 Å². The maximum atomic E-state index is 11.1. The third kappa shape index (κ3) is 3.73. The largest absolute Gasteiger partial charge is 0.488 e. The van der Waals surface area contributed by atoms with Crippen LogP contribution in [0, 0.1) is 0 Å². The Bertz CT molecular complexity index is 650. The summed E-state index contributed by atoms with van der Waals surface area (Å²) in [6.45, 7) is 1.57. The molecule has 0 atom stereocenters. The summed E-state index contributed by atoms with van der Waals surface area (Å²) in [6, 6.07) is 8.31. The first kappa shape index (κ1) is 14.9. The van der Waals surface area contributed by atoms with Crippen LogP contribution in [0.4, 0.5) is 0 Å². The van der Waals surface area contributed by atoms with Crippen molar-refractivity contribution in [1.29, 1.82) is 0 Å². The van der Waals surface area contributed by atoms with Crippen molar-refractivity contribution in [3.8, 4) is 5.75 Å². The molecule has 0 amide bonds. The van der Waals surface area contributed by atoms with Crippen molar-refractivity contribution in [3.05, 3.63) is 58.9 Å². The third-order valence-corrected chi connectivity index (χ3v) is 2.96. The molecule has 21 heavy (non-hydrogen) atoms. The molecule has 0 aliphatic rings. The van der Waals surface area contributed by atoms with E-state index >= 15 is 0 Å². The first-order valence-electron chi connectivity index (χ1n) is 6.41. The highest BCUT2D eigenvalue weighted by Crippen LogP contribution is 2.20. The van der Waals surface area contributed by atoms with E-state index in [0.717, 1.165) is 5.56 Å².